The Morgan fingerprint density at radius 2 is 2.37 bits per heavy atom. The fraction of sp³-hybridized carbons (Fsp3) is 0.692. The monoisotopic (exact) mass is 282 g/mol. The van der Waals surface area contributed by atoms with E-state index in [-0.39, 0.29) is 5.91 Å². The second-order valence-corrected chi connectivity index (χ2v) is 7.06. The number of nitrogens with zero attached hydrogens (tertiary/aromatic N) is 2. The molecule has 1 unspecified atom stereocenters. The summed E-state index contributed by atoms with van der Waals surface area (Å²) in [5.41, 5.74) is 3.43. The largest absolute Gasteiger partial charge is 0.297 e. The Morgan fingerprint density at radius 1 is 1.63 bits per heavy atom. The molecule has 1 amide bonds. The fourth-order valence-electron chi connectivity index (χ4n) is 2.46. The van der Waals surface area contributed by atoms with Gasteiger partial charge in [-0.1, -0.05) is 20.8 Å². The highest BCUT2D eigenvalue weighted by Crippen LogP contribution is 2.34. The van der Waals surface area contributed by atoms with Gasteiger partial charge in [-0.2, -0.15) is 0 Å². The van der Waals surface area contributed by atoms with Crippen molar-refractivity contribution >= 4 is 17.2 Å². The maximum atomic E-state index is 11.3. The molecule has 0 bridgehead atoms. The van der Waals surface area contributed by atoms with Crippen molar-refractivity contribution in [3.8, 4) is 0 Å². The Labute approximate surface area is 118 Å². The minimum absolute atomic E-state index is 0.315. The van der Waals surface area contributed by atoms with E-state index in [1.54, 1.807) is 0 Å². The lowest BCUT2D eigenvalue weighted by Gasteiger charge is -2.26. The predicted molar refractivity (Wildman–Crippen MR) is 76.6 cm³/mol. The number of amides is 1. The Hall–Kier alpha value is -0.980. The van der Waals surface area contributed by atoms with Gasteiger partial charge in [-0.15, -0.1) is 11.3 Å². The van der Waals surface area contributed by atoms with E-state index >= 15 is 0 Å². The summed E-state index contributed by atoms with van der Waals surface area (Å²) in [6.45, 7) is 9.94. The molecule has 1 aromatic heterocycles. The zero-order valence-electron chi connectivity index (χ0n) is 11.8. The summed E-state index contributed by atoms with van der Waals surface area (Å²) < 4.78 is 0. The summed E-state index contributed by atoms with van der Waals surface area (Å²) in [6.07, 6.45) is 1.24. The van der Waals surface area contributed by atoms with E-state index in [1.807, 2.05) is 5.38 Å². The van der Waals surface area contributed by atoms with Gasteiger partial charge in [-0.3, -0.25) is 15.1 Å². The van der Waals surface area contributed by atoms with Crippen LogP contribution in [-0.4, -0.2) is 28.9 Å². The number of likely N-dealkylation sites (tertiary alicyclic amines) is 1. The Balaban J connectivity index is 1.92. The van der Waals surface area contributed by atoms with Crippen molar-refractivity contribution in [1.82, 2.24) is 15.3 Å². The maximum Gasteiger partial charge on any atom is 0.294 e. The van der Waals surface area contributed by atoms with Gasteiger partial charge in [0, 0.05) is 18.5 Å². The van der Waals surface area contributed by atoms with E-state index in [9.17, 15) is 4.79 Å². The quantitative estimate of drug-likeness (QED) is 0.502. The highest BCUT2D eigenvalue weighted by Gasteiger charge is 2.31. The van der Waals surface area contributed by atoms with Crippen LogP contribution in [0.25, 0.3) is 0 Å². The summed E-state index contributed by atoms with van der Waals surface area (Å²) in [5, 5.41) is 2.37. The molecule has 19 heavy (non-hydrogen) atoms. The molecule has 106 valence electrons. The molecule has 1 atom stereocenters. The van der Waals surface area contributed by atoms with Crippen molar-refractivity contribution in [3.63, 3.8) is 0 Å². The first-order chi connectivity index (χ1) is 8.90. The Kier molecular flexibility index (Phi) is 4.23. The summed E-state index contributed by atoms with van der Waals surface area (Å²) >= 11 is 1.34. The number of aromatic nitrogens is 1. The number of hydrazine groups is 1. The van der Waals surface area contributed by atoms with Gasteiger partial charge in [0.2, 0.25) is 0 Å². The number of nitrogens with two attached hydrogens (primary N) is 1. The molecular weight excluding hydrogens is 260 g/mol. The molecule has 1 aliphatic rings. The Morgan fingerprint density at radius 3 is 2.95 bits per heavy atom. The van der Waals surface area contributed by atoms with E-state index < -0.39 is 0 Å². The van der Waals surface area contributed by atoms with Crippen LogP contribution in [0.3, 0.4) is 0 Å². The van der Waals surface area contributed by atoms with Crippen LogP contribution in [0.4, 0.5) is 0 Å². The smallest absolute Gasteiger partial charge is 0.294 e. The molecule has 0 aromatic carbocycles. The molecule has 5 nitrogen and oxygen atoms in total. The Bertz CT molecular complexity index is 452. The van der Waals surface area contributed by atoms with Crippen molar-refractivity contribution in [2.75, 3.05) is 13.1 Å². The van der Waals surface area contributed by atoms with Crippen LogP contribution in [0.15, 0.2) is 5.38 Å². The lowest BCUT2D eigenvalue weighted by Crippen LogP contribution is -2.30. The molecule has 0 saturated carbocycles. The van der Waals surface area contributed by atoms with Crippen LogP contribution in [0, 0.1) is 11.3 Å². The zero-order valence-corrected chi connectivity index (χ0v) is 12.6. The molecule has 6 heteroatoms. The minimum atomic E-state index is -0.315. The van der Waals surface area contributed by atoms with E-state index in [0.717, 1.165) is 31.2 Å². The molecule has 1 aromatic rings. The molecule has 3 N–H and O–H groups in total. The molecule has 1 fully saturated rings. The van der Waals surface area contributed by atoms with Crippen molar-refractivity contribution in [3.05, 3.63) is 16.1 Å². The molecule has 2 rings (SSSR count). The second kappa shape index (κ2) is 5.56. The van der Waals surface area contributed by atoms with Crippen LogP contribution in [0.1, 0.15) is 42.7 Å². The number of nitrogen functional groups attached to an aromatic ring is 1. The molecule has 0 aliphatic carbocycles. The molecule has 0 spiro atoms. The average molecular weight is 282 g/mol. The molecule has 1 aliphatic heterocycles. The van der Waals surface area contributed by atoms with Gasteiger partial charge in [0.15, 0.2) is 5.01 Å². The van der Waals surface area contributed by atoms with Gasteiger partial charge in [0.1, 0.15) is 0 Å². The van der Waals surface area contributed by atoms with Crippen LogP contribution in [0.5, 0.6) is 0 Å². The summed E-state index contributed by atoms with van der Waals surface area (Å²) in [5.74, 6) is 5.52. The van der Waals surface area contributed by atoms with E-state index in [1.165, 1.54) is 17.8 Å². The van der Waals surface area contributed by atoms with Gasteiger partial charge in [-0.25, -0.2) is 10.8 Å². The molecule has 1 saturated heterocycles. The summed E-state index contributed by atoms with van der Waals surface area (Å²) in [7, 11) is 0. The van der Waals surface area contributed by atoms with Gasteiger partial charge in [-0.05, 0) is 24.3 Å². The molecule has 2 heterocycles. The van der Waals surface area contributed by atoms with Crippen molar-refractivity contribution in [2.24, 2.45) is 17.2 Å². The predicted octanol–water partition coefficient (Wildman–Crippen LogP) is 1.61. The number of rotatable bonds is 3. The lowest BCUT2D eigenvalue weighted by molar-refractivity contribution is 0.0953. The standard InChI is InChI=1S/C13H22N4OS/c1-13(2,3)9-4-5-17(6-9)7-10-8-19-12(15-10)11(18)16-14/h8-9H,4-7,14H2,1-3H3,(H,16,18). The normalized spacial score (nSPS) is 20.7. The fourth-order valence-corrected chi connectivity index (χ4v) is 3.17. The first kappa shape index (κ1) is 14.4. The third-order valence-corrected chi connectivity index (χ3v) is 4.65. The highest BCUT2D eigenvalue weighted by molar-refractivity contribution is 7.11. The third-order valence-electron chi connectivity index (χ3n) is 3.76. The maximum absolute atomic E-state index is 11.3. The second-order valence-electron chi connectivity index (χ2n) is 6.20. The first-order valence-electron chi connectivity index (χ1n) is 6.58. The average Bonchev–Trinajstić information content (AvgIpc) is 2.97. The van der Waals surface area contributed by atoms with Crippen LogP contribution in [0.2, 0.25) is 0 Å². The number of hydrogen-bond donors (Lipinski definition) is 2. The number of nitrogens with one attached hydrogen (secondary N) is 1. The van der Waals surface area contributed by atoms with Crippen molar-refractivity contribution in [1.29, 1.82) is 0 Å². The van der Waals surface area contributed by atoms with Gasteiger partial charge in [0.25, 0.3) is 5.91 Å². The zero-order chi connectivity index (χ0) is 14.0. The van der Waals surface area contributed by atoms with Crippen molar-refractivity contribution < 1.29 is 4.79 Å². The SMILES string of the molecule is CC(C)(C)C1CCN(Cc2csc(C(=O)NN)n2)C1. The number of hydrogen-bond acceptors (Lipinski definition) is 5. The number of thiazole rings is 1. The first-order valence-corrected chi connectivity index (χ1v) is 7.46. The topological polar surface area (TPSA) is 71.2 Å². The third kappa shape index (κ3) is 3.52. The van der Waals surface area contributed by atoms with E-state index in [0.29, 0.717) is 10.4 Å². The number of carbonyl (C=O) groups is 1. The van der Waals surface area contributed by atoms with Gasteiger partial charge < -0.3 is 0 Å². The molecular formula is C13H22N4OS. The van der Waals surface area contributed by atoms with E-state index in [4.69, 9.17) is 5.84 Å². The minimum Gasteiger partial charge on any atom is -0.297 e. The van der Waals surface area contributed by atoms with Gasteiger partial charge in [0.05, 0.1) is 5.69 Å². The van der Waals surface area contributed by atoms with Gasteiger partial charge >= 0.3 is 0 Å². The lowest BCUT2D eigenvalue weighted by atomic mass is 9.80. The number of carbonyl (C=O) groups excluding carboxylic acids is 1. The van der Waals surface area contributed by atoms with Crippen LogP contribution in [-0.2, 0) is 6.54 Å². The van der Waals surface area contributed by atoms with E-state index in [2.05, 4.69) is 36.1 Å². The van der Waals surface area contributed by atoms with Crippen LogP contribution >= 0.6 is 11.3 Å². The summed E-state index contributed by atoms with van der Waals surface area (Å²) in [6, 6.07) is 0. The van der Waals surface area contributed by atoms with Crippen LogP contribution < -0.4 is 11.3 Å². The summed E-state index contributed by atoms with van der Waals surface area (Å²) in [4.78, 5) is 18.1. The van der Waals surface area contributed by atoms with Crippen molar-refractivity contribution in [2.45, 2.75) is 33.7 Å². The molecule has 0 radical (unpaired) electrons. The highest BCUT2D eigenvalue weighted by atomic mass is 32.1.